The molecule has 1 rings (SSSR count). The molecule has 0 aromatic heterocycles. The van der Waals surface area contributed by atoms with E-state index in [1.807, 2.05) is 0 Å². The van der Waals surface area contributed by atoms with Crippen LogP contribution in [0.1, 0.15) is 45.1 Å². The summed E-state index contributed by atoms with van der Waals surface area (Å²) in [5.41, 5.74) is 1.27. The molecule has 0 fully saturated rings. The molecule has 0 radical (unpaired) electrons. The minimum absolute atomic E-state index is 0.237. The van der Waals surface area contributed by atoms with E-state index >= 15 is 0 Å². The van der Waals surface area contributed by atoms with Gasteiger partial charge >= 0.3 is 0 Å². The van der Waals surface area contributed by atoms with Crippen molar-refractivity contribution in [3.63, 3.8) is 0 Å². The van der Waals surface area contributed by atoms with E-state index in [2.05, 4.69) is 51.1 Å². The van der Waals surface area contributed by atoms with E-state index in [1.165, 1.54) is 10.5 Å². The molecule has 17 heavy (non-hydrogen) atoms. The molecular formula is C15H21NS. The van der Waals surface area contributed by atoms with Crippen molar-refractivity contribution in [3.05, 3.63) is 29.8 Å². The lowest BCUT2D eigenvalue weighted by atomic mass is 9.99. The second-order valence-corrected chi connectivity index (χ2v) is 5.98. The van der Waals surface area contributed by atoms with E-state index in [1.54, 1.807) is 11.8 Å². The highest BCUT2D eigenvalue weighted by atomic mass is 32.2. The van der Waals surface area contributed by atoms with Gasteiger partial charge in [-0.2, -0.15) is 5.26 Å². The Morgan fingerprint density at radius 2 is 1.65 bits per heavy atom. The maximum absolute atomic E-state index is 9.48. The molecule has 0 spiro atoms. The smallest absolute Gasteiger partial charge is 0.107 e. The summed E-state index contributed by atoms with van der Waals surface area (Å²) in [5.74, 6) is 0. The first-order valence-corrected chi connectivity index (χ1v) is 7.14. The van der Waals surface area contributed by atoms with E-state index in [-0.39, 0.29) is 4.75 Å². The summed E-state index contributed by atoms with van der Waals surface area (Å²) < 4.78 is -0.237. The molecule has 0 aliphatic rings. The standard InChI is InChI=1S/C15H21NS/c1-4-10-15(12-16,11-5-2)17-14-8-6-13(3)7-9-14/h6-9H,4-5,10-11H2,1-3H3. The summed E-state index contributed by atoms with van der Waals surface area (Å²) >= 11 is 1.73. The molecule has 0 aliphatic heterocycles. The predicted molar refractivity (Wildman–Crippen MR) is 75.2 cm³/mol. The lowest BCUT2D eigenvalue weighted by molar-refractivity contribution is 0.584. The number of hydrogen-bond acceptors (Lipinski definition) is 2. The molecule has 0 aliphatic carbocycles. The highest BCUT2D eigenvalue weighted by Gasteiger charge is 2.29. The van der Waals surface area contributed by atoms with Crippen molar-refractivity contribution in [1.29, 1.82) is 5.26 Å². The van der Waals surface area contributed by atoms with Gasteiger partial charge in [0.05, 0.1) is 6.07 Å². The van der Waals surface area contributed by atoms with Gasteiger partial charge in [0, 0.05) is 4.90 Å². The average molecular weight is 247 g/mol. The van der Waals surface area contributed by atoms with Gasteiger partial charge in [0.25, 0.3) is 0 Å². The van der Waals surface area contributed by atoms with Crippen LogP contribution in [0.3, 0.4) is 0 Å². The third-order valence-electron chi connectivity index (χ3n) is 2.85. The zero-order valence-corrected chi connectivity index (χ0v) is 11.8. The minimum atomic E-state index is -0.237. The van der Waals surface area contributed by atoms with Crippen LogP contribution >= 0.6 is 11.8 Å². The monoisotopic (exact) mass is 247 g/mol. The van der Waals surface area contributed by atoms with Gasteiger partial charge in [-0.25, -0.2) is 0 Å². The van der Waals surface area contributed by atoms with Gasteiger partial charge in [0.15, 0.2) is 0 Å². The van der Waals surface area contributed by atoms with Crippen LogP contribution in [0.4, 0.5) is 0 Å². The van der Waals surface area contributed by atoms with Crippen molar-refractivity contribution in [2.45, 2.75) is 56.1 Å². The summed E-state index contributed by atoms with van der Waals surface area (Å²) in [6, 6.07) is 11.0. The molecule has 0 amide bonds. The van der Waals surface area contributed by atoms with Gasteiger partial charge < -0.3 is 0 Å². The fourth-order valence-corrected chi connectivity index (χ4v) is 3.38. The minimum Gasteiger partial charge on any atom is -0.197 e. The molecule has 1 aromatic carbocycles. The number of nitrogens with zero attached hydrogens (tertiary/aromatic N) is 1. The maximum Gasteiger partial charge on any atom is 0.107 e. The predicted octanol–water partition coefficient (Wildman–Crippen LogP) is 4.95. The molecule has 0 unspecified atom stereocenters. The Morgan fingerprint density at radius 1 is 1.12 bits per heavy atom. The highest BCUT2D eigenvalue weighted by Crippen LogP contribution is 2.39. The number of nitriles is 1. The van der Waals surface area contributed by atoms with Gasteiger partial charge in [-0.15, -0.1) is 11.8 Å². The molecule has 0 N–H and O–H groups in total. The fourth-order valence-electron chi connectivity index (χ4n) is 2.00. The average Bonchev–Trinajstić information content (AvgIpc) is 2.33. The van der Waals surface area contributed by atoms with Crippen LogP contribution in [0.15, 0.2) is 29.2 Å². The van der Waals surface area contributed by atoms with E-state index in [9.17, 15) is 5.26 Å². The molecule has 92 valence electrons. The summed E-state index contributed by atoms with van der Waals surface area (Å²) in [6.45, 7) is 6.39. The molecule has 1 nitrogen and oxygen atoms in total. The first-order chi connectivity index (χ1) is 8.15. The molecule has 0 saturated carbocycles. The normalized spacial score (nSPS) is 11.2. The van der Waals surface area contributed by atoms with Crippen molar-refractivity contribution < 1.29 is 0 Å². The zero-order valence-electron chi connectivity index (χ0n) is 11.0. The van der Waals surface area contributed by atoms with Crippen LogP contribution in [0.2, 0.25) is 0 Å². The van der Waals surface area contributed by atoms with Gasteiger partial charge in [0.1, 0.15) is 4.75 Å². The van der Waals surface area contributed by atoms with Crippen molar-refractivity contribution >= 4 is 11.8 Å². The Morgan fingerprint density at radius 3 is 2.06 bits per heavy atom. The zero-order chi connectivity index (χ0) is 12.7. The van der Waals surface area contributed by atoms with E-state index < -0.39 is 0 Å². The Labute approximate surface area is 109 Å². The van der Waals surface area contributed by atoms with Crippen molar-refractivity contribution in [2.75, 3.05) is 0 Å². The molecule has 0 bridgehead atoms. The molecule has 0 saturated heterocycles. The van der Waals surface area contributed by atoms with Crippen LogP contribution in [0, 0.1) is 18.3 Å². The number of benzene rings is 1. The second-order valence-electron chi connectivity index (χ2n) is 4.52. The number of aryl methyl sites for hydroxylation is 1. The summed E-state index contributed by atoms with van der Waals surface area (Å²) in [5, 5.41) is 9.48. The van der Waals surface area contributed by atoms with E-state index in [0.717, 1.165) is 25.7 Å². The van der Waals surface area contributed by atoms with Gasteiger partial charge in [0.2, 0.25) is 0 Å². The van der Waals surface area contributed by atoms with Crippen molar-refractivity contribution in [3.8, 4) is 6.07 Å². The molecular weight excluding hydrogens is 226 g/mol. The van der Waals surface area contributed by atoms with Crippen LogP contribution in [0.25, 0.3) is 0 Å². The third kappa shape index (κ3) is 4.09. The van der Waals surface area contributed by atoms with Gasteiger partial charge in [-0.1, -0.05) is 44.4 Å². The first-order valence-electron chi connectivity index (χ1n) is 6.32. The van der Waals surface area contributed by atoms with Gasteiger partial charge in [-0.3, -0.25) is 0 Å². The van der Waals surface area contributed by atoms with E-state index in [0.29, 0.717) is 0 Å². The van der Waals surface area contributed by atoms with Crippen LogP contribution in [0.5, 0.6) is 0 Å². The van der Waals surface area contributed by atoms with Gasteiger partial charge in [-0.05, 0) is 31.9 Å². The van der Waals surface area contributed by atoms with Crippen LogP contribution in [-0.2, 0) is 0 Å². The van der Waals surface area contributed by atoms with Crippen molar-refractivity contribution in [2.24, 2.45) is 0 Å². The largest absolute Gasteiger partial charge is 0.197 e. The lowest BCUT2D eigenvalue weighted by Gasteiger charge is -2.25. The fraction of sp³-hybridized carbons (Fsp3) is 0.533. The highest BCUT2D eigenvalue weighted by molar-refractivity contribution is 8.01. The Bertz CT molecular complexity index is 369. The second kappa shape index (κ2) is 6.71. The SMILES string of the molecule is CCCC(C#N)(CCC)Sc1ccc(C)cc1. The Kier molecular flexibility index (Phi) is 5.58. The number of hydrogen-bond donors (Lipinski definition) is 0. The number of rotatable bonds is 6. The molecule has 2 heteroatoms. The van der Waals surface area contributed by atoms with E-state index in [4.69, 9.17) is 0 Å². The topological polar surface area (TPSA) is 23.8 Å². The molecule has 1 aromatic rings. The quantitative estimate of drug-likeness (QED) is 0.664. The van der Waals surface area contributed by atoms with Crippen molar-refractivity contribution in [1.82, 2.24) is 0 Å². The summed E-state index contributed by atoms with van der Waals surface area (Å²) in [7, 11) is 0. The number of thioether (sulfide) groups is 1. The van der Waals surface area contributed by atoms with Crippen LogP contribution in [-0.4, -0.2) is 4.75 Å². The van der Waals surface area contributed by atoms with Crippen LogP contribution < -0.4 is 0 Å². The Balaban J connectivity index is 2.85. The summed E-state index contributed by atoms with van der Waals surface area (Å²) in [4.78, 5) is 1.21. The lowest BCUT2D eigenvalue weighted by Crippen LogP contribution is -2.21. The first kappa shape index (κ1) is 14.1. The Hall–Kier alpha value is -0.940. The third-order valence-corrected chi connectivity index (χ3v) is 4.24. The molecule has 0 heterocycles. The molecule has 0 atom stereocenters. The summed E-state index contributed by atoms with van der Waals surface area (Å²) in [6.07, 6.45) is 4.06. The maximum atomic E-state index is 9.48.